The Balaban J connectivity index is 1.80. The monoisotopic (exact) mass is 331 g/mol. The van der Waals surface area contributed by atoms with Crippen LogP contribution < -0.4 is 5.32 Å². The minimum absolute atomic E-state index is 0.125. The van der Waals surface area contributed by atoms with Crippen molar-refractivity contribution >= 4 is 27.5 Å². The van der Waals surface area contributed by atoms with Gasteiger partial charge in [0.25, 0.3) is 5.91 Å². The first kappa shape index (κ1) is 13.3. The topological polar surface area (TPSA) is 38.3 Å². The highest BCUT2D eigenvalue weighted by Gasteiger charge is 2.27. The highest BCUT2D eigenvalue weighted by Crippen LogP contribution is 2.28. The van der Waals surface area contributed by atoms with Gasteiger partial charge in [0.05, 0.1) is 6.61 Å². The molecule has 3 nitrogen and oxygen atoms in total. The first-order valence-electron chi connectivity index (χ1n) is 6.50. The molecule has 0 radical (unpaired) electrons. The Hall–Kier alpha value is -1.65. The van der Waals surface area contributed by atoms with Crippen molar-refractivity contribution in [3.63, 3.8) is 0 Å². The SMILES string of the molecule is O=C(Nc1ccc(Br)cc1)[C@H]1OCCc2ccccc21. The summed E-state index contributed by atoms with van der Waals surface area (Å²) in [5, 5.41) is 2.89. The molecule has 1 N–H and O–H groups in total. The fourth-order valence-electron chi connectivity index (χ4n) is 2.35. The number of amides is 1. The van der Waals surface area contributed by atoms with Crippen LogP contribution in [0.2, 0.25) is 0 Å². The number of benzene rings is 2. The van der Waals surface area contributed by atoms with Gasteiger partial charge in [0.1, 0.15) is 0 Å². The van der Waals surface area contributed by atoms with E-state index in [9.17, 15) is 4.79 Å². The van der Waals surface area contributed by atoms with Crippen LogP contribution in [0.5, 0.6) is 0 Å². The Bertz CT molecular complexity index is 625. The van der Waals surface area contributed by atoms with Crippen molar-refractivity contribution in [2.75, 3.05) is 11.9 Å². The van der Waals surface area contributed by atoms with Crippen LogP contribution in [0.25, 0.3) is 0 Å². The molecule has 20 heavy (non-hydrogen) atoms. The average molecular weight is 332 g/mol. The second-order valence-electron chi connectivity index (χ2n) is 4.70. The van der Waals surface area contributed by atoms with Crippen LogP contribution in [0.3, 0.4) is 0 Å². The summed E-state index contributed by atoms with van der Waals surface area (Å²) < 4.78 is 6.62. The van der Waals surface area contributed by atoms with E-state index in [4.69, 9.17) is 4.74 Å². The van der Waals surface area contributed by atoms with Crippen LogP contribution in [0.4, 0.5) is 5.69 Å². The highest BCUT2D eigenvalue weighted by atomic mass is 79.9. The van der Waals surface area contributed by atoms with Gasteiger partial charge in [-0.15, -0.1) is 0 Å². The van der Waals surface area contributed by atoms with Crippen LogP contribution in [0.15, 0.2) is 53.0 Å². The van der Waals surface area contributed by atoms with Crippen molar-refractivity contribution in [1.82, 2.24) is 0 Å². The Kier molecular flexibility index (Phi) is 3.85. The number of hydrogen-bond acceptors (Lipinski definition) is 2. The molecule has 0 unspecified atom stereocenters. The minimum atomic E-state index is -0.524. The van der Waals surface area contributed by atoms with E-state index >= 15 is 0 Å². The quantitative estimate of drug-likeness (QED) is 0.911. The fourth-order valence-corrected chi connectivity index (χ4v) is 2.62. The lowest BCUT2D eigenvalue weighted by Crippen LogP contribution is -2.28. The van der Waals surface area contributed by atoms with Crippen LogP contribution in [0.1, 0.15) is 17.2 Å². The summed E-state index contributed by atoms with van der Waals surface area (Å²) in [6.07, 6.45) is 0.335. The van der Waals surface area contributed by atoms with Crippen LogP contribution in [-0.2, 0) is 16.0 Å². The summed E-state index contributed by atoms with van der Waals surface area (Å²) in [5.41, 5.74) is 2.92. The van der Waals surface area contributed by atoms with Gasteiger partial charge in [-0.25, -0.2) is 0 Å². The molecule has 0 bridgehead atoms. The van der Waals surface area contributed by atoms with Gasteiger partial charge in [0.2, 0.25) is 0 Å². The molecule has 1 aliphatic rings. The number of carbonyl (C=O) groups is 1. The van der Waals surface area contributed by atoms with Gasteiger partial charge in [-0.1, -0.05) is 40.2 Å². The van der Waals surface area contributed by atoms with E-state index in [-0.39, 0.29) is 5.91 Å². The van der Waals surface area contributed by atoms with Gasteiger partial charge in [-0.3, -0.25) is 4.79 Å². The van der Waals surface area contributed by atoms with Crippen molar-refractivity contribution in [3.8, 4) is 0 Å². The molecule has 1 heterocycles. The number of hydrogen-bond donors (Lipinski definition) is 1. The largest absolute Gasteiger partial charge is 0.363 e. The highest BCUT2D eigenvalue weighted by molar-refractivity contribution is 9.10. The summed E-state index contributed by atoms with van der Waals surface area (Å²) in [6.45, 7) is 0.579. The van der Waals surface area contributed by atoms with Crippen LogP contribution >= 0.6 is 15.9 Å². The molecule has 0 saturated carbocycles. The Morgan fingerprint density at radius 3 is 2.70 bits per heavy atom. The molecule has 2 aromatic rings. The predicted molar refractivity (Wildman–Crippen MR) is 81.6 cm³/mol. The average Bonchev–Trinajstić information content (AvgIpc) is 2.49. The standard InChI is InChI=1S/C16H14BrNO2/c17-12-5-7-13(8-6-12)18-16(19)15-14-4-2-1-3-11(14)9-10-20-15/h1-8,15H,9-10H2,(H,18,19)/t15-/m0/s1. The van der Waals surface area contributed by atoms with Crippen molar-refractivity contribution in [3.05, 3.63) is 64.1 Å². The van der Waals surface area contributed by atoms with Gasteiger partial charge >= 0.3 is 0 Å². The first-order valence-corrected chi connectivity index (χ1v) is 7.29. The number of carbonyl (C=O) groups excluding carboxylic acids is 1. The smallest absolute Gasteiger partial charge is 0.258 e. The lowest BCUT2D eigenvalue weighted by atomic mass is 9.97. The van der Waals surface area contributed by atoms with Crippen LogP contribution in [0, 0.1) is 0 Å². The zero-order chi connectivity index (χ0) is 13.9. The number of halogens is 1. The summed E-state index contributed by atoms with van der Waals surface area (Å²) in [5.74, 6) is -0.125. The van der Waals surface area contributed by atoms with Gasteiger partial charge in [-0.2, -0.15) is 0 Å². The number of anilines is 1. The molecule has 102 valence electrons. The molecule has 0 fully saturated rings. The lowest BCUT2D eigenvalue weighted by molar-refractivity contribution is -0.128. The molecule has 1 amide bonds. The molecule has 0 spiro atoms. The summed E-state index contributed by atoms with van der Waals surface area (Å²) >= 11 is 3.37. The van der Waals surface area contributed by atoms with E-state index < -0.39 is 6.10 Å². The molecule has 2 aromatic carbocycles. The molecule has 0 aromatic heterocycles. The molecule has 0 saturated heterocycles. The Labute approximate surface area is 126 Å². The molecular weight excluding hydrogens is 318 g/mol. The third-order valence-corrected chi connectivity index (χ3v) is 3.87. The van der Waals surface area contributed by atoms with E-state index in [2.05, 4.69) is 27.3 Å². The summed E-state index contributed by atoms with van der Waals surface area (Å²) in [7, 11) is 0. The van der Waals surface area contributed by atoms with E-state index in [1.807, 2.05) is 42.5 Å². The number of rotatable bonds is 2. The third kappa shape index (κ3) is 2.76. The summed E-state index contributed by atoms with van der Waals surface area (Å²) in [4.78, 5) is 12.4. The second kappa shape index (κ2) is 5.77. The zero-order valence-corrected chi connectivity index (χ0v) is 12.4. The van der Waals surface area contributed by atoms with Gasteiger partial charge in [0, 0.05) is 10.2 Å². The van der Waals surface area contributed by atoms with Crippen molar-refractivity contribution in [2.45, 2.75) is 12.5 Å². The van der Waals surface area contributed by atoms with Crippen molar-refractivity contribution in [2.24, 2.45) is 0 Å². The Morgan fingerprint density at radius 1 is 1.15 bits per heavy atom. The first-order chi connectivity index (χ1) is 9.74. The Morgan fingerprint density at radius 2 is 1.90 bits per heavy atom. The maximum absolute atomic E-state index is 12.4. The normalized spacial score (nSPS) is 17.4. The predicted octanol–water partition coefficient (Wildman–Crippen LogP) is 3.70. The molecule has 3 rings (SSSR count). The second-order valence-corrected chi connectivity index (χ2v) is 5.61. The van der Waals surface area contributed by atoms with Gasteiger partial charge in [-0.05, 0) is 41.8 Å². The number of fused-ring (bicyclic) bond motifs is 1. The van der Waals surface area contributed by atoms with Crippen molar-refractivity contribution < 1.29 is 9.53 Å². The number of nitrogens with one attached hydrogen (secondary N) is 1. The van der Waals surface area contributed by atoms with Crippen LogP contribution in [-0.4, -0.2) is 12.5 Å². The molecule has 1 atom stereocenters. The lowest BCUT2D eigenvalue weighted by Gasteiger charge is -2.25. The van der Waals surface area contributed by atoms with E-state index in [0.717, 1.165) is 22.1 Å². The zero-order valence-electron chi connectivity index (χ0n) is 10.8. The third-order valence-electron chi connectivity index (χ3n) is 3.34. The maximum Gasteiger partial charge on any atom is 0.258 e. The van der Waals surface area contributed by atoms with E-state index in [0.29, 0.717) is 6.61 Å². The molecule has 1 aliphatic heterocycles. The van der Waals surface area contributed by atoms with Gasteiger partial charge < -0.3 is 10.1 Å². The summed E-state index contributed by atoms with van der Waals surface area (Å²) in [6, 6.07) is 15.4. The molecule has 4 heteroatoms. The number of ether oxygens (including phenoxy) is 1. The van der Waals surface area contributed by atoms with Gasteiger partial charge in [0.15, 0.2) is 6.10 Å². The van der Waals surface area contributed by atoms with Crippen molar-refractivity contribution in [1.29, 1.82) is 0 Å². The maximum atomic E-state index is 12.4. The fraction of sp³-hybridized carbons (Fsp3) is 0.188. The van der Waals surface area contributed by atoms with E-state index in [1.165, 1.54) is 5.56 Å². The molecule has 0 aliphatic carbocycles. The van der Waals surface area contributed by atoms with E-state index in [1.54, 1.807) is 0 Å². The molecular formula is C16H14BrNO2. The minimum Gasteiger partial charge on any atom is -0.363 e.